The number of rotatable bonds is 5. The summed E-state index contributed by atoms with van der Waals surface area (Å²) in [7, 11) is 0. The maximum Gasteiger partial charge on any atom is 0.0389 e. The fraction of sp³-hybridized carbons (Fsp3) is 0.292. The van der Waals surface area contributed by atoms with E-state index in [1.54, 1.807) is 0 Å². The highest BCUT2D eigenvalue weighted by atomic mass is 14.7. The van der Waals surface area contributed by atoms with Crippen molar-refractivity contribution in [2.75, 3.05) is 6.54 Å². The third kappa shape index (κ3) is 8.85. The van der Waals surface area contributed by atoms with Crippen LogP contribution in [0.25, 0.3) is 5.57 Å². The first kappa shape index (κ1) is 20.6. The Morgan fingerprint density at radius 2 is 1.52 bits per heavy atom. The molecule has 0 amide bonds. The summed E-state index contributed by atoms with van der Waals surface area (Å²) in [5, 5.41) is 0. The molecule has 0 heterocycles. The molecular formula is C24H31N. The highest BCUT2D eigenvalue weighted by Crippen LogP contribution is 2.17. The first-order valence-corrected chi connectivity index (χ1v) is 9.01. The van der Waals surface area contributed by atoms with E-state index in [0.717, 1.165) is 18.7 Å². The molecule has 0 N–H and O–H groups in total. The topological polar surface area (TPSA) is 12.4 Å². The molecule has 1 heteroatoms. The van der Waals surface area contributed by atoms with Crippen LogP contribution in [-0.4, -0.2) is 12.3 Å². The molecular weight excluding hydrogens is 302 g/mol. The molecule has 25 heavy (non-hydrogen) atoms. The van der Waals surface area contributed by atoms with Gasteiger partial charge in [-0.2, -0.15) is 0 Å². The molecule has 0 aromatic heterocycles. The molecule has 0 unspecified atom stereocenters. The smallest absolute Gasteiger partial charge is 0.0389 e. The Balaban J connectivity index is 0.000000370. The maximum atomic E-state index is 4.51. The molecule has 0 fully saturated rings. The van der Waals surface area contributed by atoms with Crippen LogP contribution in [0.2, 0.25) is 0 Å². The Morgan fingerprint density at radius 3 is 2.00 bits per heavy atom. The van der Waals surface area contributed by atoms with Gasteiger partial charge < -0.3 is 0 Å². The summed E-state index contributed by atoms with van der Waals surface area (Å²) in [5.74, 6) is 0. The summed E-state index contributed by atoms with van der Waals surface area (Å²) >= 11 is 0. The zero-order valence-corrected chi connectivity index (χ0v) is 16.3. The molecule has 2 aromatic rings. The number of allylic oxidation sites excluding steroid dienone is 4. The van der Waals surface area contributed by atoms with E-state index in [1.807, 2.05) is 25.1 Å². The van der Waals surface area contributed by atoms with Crippen LogP contribution in [0.4, 0.5) is 0 Å². The van der Waals surface area contributed by atoms with E-state index in [0.29, 0.717) is 0 Å². The second-order valence-corrected chi connectivity index (χ2v) is 6.14. The number of hydrogen-bond acceptors (Lipinski definition) is 1. The Hall–Kier alpha value is -2.41. The lowest BCUT2D eigenvalue weighted by atomic mass is 10.0. The summed E-state index contributed by atoms with van der Waals surface area (Å²) in [4.78, 5) is 4.51. The largest absolute Gasteiger partial charge is 0.290 e. The highest BCUT2D eigenvalue weighted by Gasteiger charge is 1.98. The Labute approximate surface area is 153 Å². The van der Waals surface area contributed by atoms with E-state index >= 15 is 0 Å². The molecule has 0 aliphatic heterocycles. The molecule has 2 rings (SSSR count). The van der Waals surface area contributed by atoms with Crippen LogP contribution >= 0.6 is 0 Å². The van der Waals surface area contributed by atoms with Gasteiger partial charge in [0.25, 0.3) is 0 Å². The molecule has 0 bridgehead atoms. The molecule has 0 saturated heterocycles. The third-order valence-corrected chi connectivity index (χ3v) is 3.62. The number of aryl methyl sites for hydroxylation is 2. The van der Waals surface area contributed by atoms with E-state index in [-0.39, 0.29) is 0 Å². The lowest BCUT2D eigenvalue weighted by Gasteiger charge is -2.04. The van der Waals surface area contributed by atoms with Crippen molar-refractivity contribution in [3.05, 3.63) is 89.5 Å². The zero-order chi connectivity index (χ0) is 18.5. The van der Waals surface area contributed by atoms with Gasteiger partial charge in [-0.1, -0.05) is 84.8 Å². The van der Waals surface area contributed by atoms with Gasteiger partial charge in [-0.15, -0.1) is 0 Å². The van der Waals surface area contributed by atoms with Gasteiger partial charge in [0.15, 0.2) is 0 Å². The van der Waals surface area contributed by atoms with E-state index in [4.69, 9.17) is 0 Å². The molecule has 0 aliphatic rings. The second kappa shape index (κ2) is 12.0. The third-order valence-electron chi connectivity index (χ3n) is 3.62. The lowest BCUT2D eigenvalue weighted by Crippen LogP contribution is -1.91. The minimum atomic E-state index is 0.902. The molecule has 0 atom stereocenters. The van der Waals surface area contributed by atoms with Crippen LogP contribution in [0, 0.1) is 13.8 Å². The molecule has 0 saturated carbocycles. The average molecular weight is 334 g/mol. The molecule has 0 aliphatic carbocycles. The summed E-state index contributed by atoms with van der Waals surface area (Å²) in [6.07, 6.45) is 7.45. The maximum absolute atomic E-state index is 4.51. The molecule has 0 radical (unpaired) electrons. The summed E-state index contributed by atoms with van der Waals surface area (Å²) in [6.45, 7) is 11.3. The average Bonchev–Trinajstić information content (AvgIpc) is 2.61. The van der Waals surface area contributed by atoms with Crippen LogP contribution in [0.15, 0.2) is 77.8 Å². The van der Waals surface area contributed by atoms with Crippen molar-refractivity contribution in [2.24, 2.45) is 4.99 Å². The van der Waals surface area contributed by atoms with E-state index < -0.39 is 0 Å². The summed E-state index contributed by atoms with van der Waals surface area (Å²) < 4.78 is 0. The highest BCUT2D eigenvalue weighted by molar-refractivity contribution is 6.01. The van der Waals surface area contributed by atoms with Gasteiger partial charge >= 0.3 is 0 Å². The SMILES string of the molecule is C/C=C\C(=C/C(C)=NCCC)c1ccc(C)cc1.Cc1ccccc1. The summed E-state index contributed by atoms with van der Waals surface area (Å²) in [5.41, 5.74) is 6.16. The van der Waals surface area contributed by atoms with Crippen molar-refractivity contribution < 1.29 is 0 Å². The minimum absolute atomic E-state index is 0.902. The van der Waals surface area contributed by atoms with Crippen LogP contribution < -0.4 is 0 Å². The number of hydrogen-bond donors (Lipinski definition) is 0. The lowest BCUT2D eigenvalue weighted by molar-refractivity contribution is 0.932. The fourth-order valence-electron chi connectivity index (χ4n) is 2.25. The normalized spacial score (nSPS) is 12.0. The molecule has 2 aromatic carbocycles. The molecule has 0 spiro atoms. The van der Waals surface area contributed by atoms with Gasteiger partial charge in [-0.05, 0) is 51.3 Å². The van der Waals surface area contributed by atoms with Gasteiger partial charge in [0, 0.05) is 12.3 Å². The van der Waals surface area contributed by atoms with Crippen molar-refractivity contribution >= 4 is 11.3 Å². The second-order valence-electron chi connectivity index (χ2n) is 6.14. The van der Waals surface area contributed by atoms with Gasteiger partial charge in [0.1, 0.15) is 0 Å². The first-order valence-electron chi connectivity index (χ1n) is 9.01. The van der Waals surface area contributed by atoms with E-state index in [9.17, 15) is 0 Å². The van der Waals surface area contributed by atoms with Crippen molar-refractivity contribution in [1.82, 2.24) is 0 Å². The predicted molar refractivity (Wildman–Crippen MR) is 113 cm³/mol. The monoisotopic (exact) mass is 333 g/mol. The van der Waals surface area contributed by atoms with Crippen molar-refractivity contribution in [3.8, 4) is 0 Å². The van der Waals surface area contributed by atoms with Crippen molar-refractivity contribution in [3.63, 3.8) is 0 Å². The van der Waals surface area contributed by atoms with Gasteiger partial charge in [0.2, 0.25) is 0 Å². The molecule has 1 nitrogen and oxygen atoms in total. The number of aliphatic imine (C=N–C) groups is 1. The summed E-state index contributed by atoms with van der Waals surface area (Å²) in [6, 6.07) is 18.9. The van der Waals surface area contributed by atoms with Crippen LogP contribution in [0.3, 0.4) is 0 Å². The number of benzene rings is 2. The van der Waals surface area contributed by atoms with Gasteiger partial charge in [-0.25, -0.2) is 0 Å². The quantitative estimate of drug-likeness (QED) is 0.420. The fourth-order valence-corrected chi connectivity index (χ4v) is 2.25. The predicted octanol–water partition coefficient (Wildman–Crippen LogP) is 6.82. The van der Waals surface area contributed by atoms with Crippen LogP contribution in [-0.2, 0) is 0 Å². The Morgan fingerprint density at radius 1 is 0.920 bits per heavy atom. The zero-order valence-electron chi connectivity index (χ0n) is 16.3. The van der Waals surface area contributed by atoms with Crippen LogP contribution in [0.1, 0.15) is 43.9 Å². The Kier molecular flexibility index (Phi) is 9.92. The van der Waals surface area contributed by atoms with Crippen LogP contribution in [0.5, 0.6) is 0 Å². The molecule has 132 valence electrons. The standard InChI is InChI=1S/C17H23N.C7H8/c1-5-7-17(13-15(4)18-12-6-2)16-10-8-14(3)9-11-16;1-7-5-3-2-4-6-7/h5,7-11,13H,6,12H2,1-4H3;2-6H,1H3/b7-5-,17-13+,18-15?;. The van der Waals surface area contributed by atoms with Gasteiger partial charge in [0.05, 0.1) is 0 Å². The minimum Gasteiger partial charge on any atom is -0.290 e. The Bertz CT molecular complexity index is 689. The van der Waals surface area contributed by atoms with Gasteiger partial charge in [-0.3, -0.25) is 4.99 Å². The van der Waals surface area contributed by atoms with E-state index in [2.05, 4.69) is 87.3 Å². The van der Waals surface area contributed by atoms with Crippen molar-refractivity contribution in [1.29, 1.82) is 0 Å². The van der Waals surface area contributed by atoms with Crippen molar-refractivity contribution in [2.45, 2.75) is 41.0 Å². The number of nitrogens with zero attached hydrogens (tertiary/aromatic N) is 1. The first-order chi connectivity index (χ1) is 12.1. The van der Waals surface area contributed by atoms with E-state index in [1.165, 1.54) is 22.3 Å².